The van der Waals surface area contributed by atoms with Gasteiger partial charge in [0.2, 0.25) is 0 Å². The van der Waals surface area contributed by atoms with Gasteiger partial charge in [-0.05, 0) is 65.9 Å². The number of hydrogen-bond donors (Lipinski definition) is 8. The third-order valence-electron chi connectivity index (χ3n) is 8.14. The van der Waals surface area contributed by atoms with E-state index in [0.717, 1.165) is 24.0 Å². The number of carbonyl (C=O) groups is 1. The van der Waals surface area contributed by atoms with E-state index in [1.54, 1.807) is 19.9 Å². The van der Waals surface area contributed by atoms with Crippen molar-refractivity contribution in [1.29, 1.82) is 0 Å². The molecular formula is C32H52O14. The standard InChI is InChI=1S/C32H52O14/c1-6-32(5,12-8-11-18(2)9-7-10-19(3)13-21(36)14-20(4)42-17-35)46-31-29(27(40)25(38)23(16-34)44-31)45-30-28(41)26(39)24(37)22(15-33)43-30/h6,10-11,14,17,21-31,33-34,36-41H,1,7-9,12-13,15-16H2,2-5H3/b18-11+,19-10+,20-14+/t21?,22?,23?,24-,25-,26+,27+,28?,29?,30+,31+,32-/m1/s1. The second-order valence-corrected chi connectivity index (χ2v) is 12.1. The second-order valence-electron chi connectivity index (χ2n) is 12.1. The average molecular weight is 661 g/mol. The van der Waals surface area contributed by atoms with Gasteiger partial charge in [-0.15, -0.1) is 6.58 Å². The van der Waals surface area contributed by atoms with Crippen molar-refractivity contribution >= 4 is 6.47 Å². The molecule has 2 saturated heterocycles. The summed E-state index contributed by atoms with van der Waals surface area (Å²) < 4.78 is 27.8. The highest BCUT2D eigenvalue weighted by Crippen LogP contribution is 2.33. The Morgan fingerprint density at radius 2 is 1.46 bits per heavy atom. The van der Waals surface area contributed by atoms with E-state index in [9.17, 15) is 45.6 Å². The predicted molar refractivity (Wildman–Crippen MR) is 164 cm³/mol. The summed E-state index contributed by atoms with van der Waals surface area (Å²) in [4.78, 5) is 10.4. The van der Waals surface area contributed by atoms with Crippen molar-refractivity contribution in [3.05, 3.63) is 47.8 Å². The zero-order valence-corrected chi connectivity index (χ0v) is 26.9. The first-order chi connectivity index (χ1) is 21.7. The number of aliphatic hydroxyl groups excluding tert-OH is 8. The molecule has 0 saturated carbocycles. The third-order valence-corrected chi connectivity index (χ3v) is 8.14. The fourth-order valence-corrected chi connectivity index (χ4v) is 5.22. The zero-order valence-electron chi connectivity index (χ0n) is 26.9. The number of allylic oxidation sites excluding steroid dienone is 4. The lowest BCUT2D eigenvalue weighted by molar-refractivity contribution is -0.375. The smallest absolute Gasteiger partial charge is 0.298 e. The van der Waals surface area contributed by atoms with Gasteiger partial charge >= 0.3 is 0 Å². The Bertz CT molecular complexity index is 1040. The van der Waals surface area contributed by atoms with Crippen LogP contribution in [0.15, 0.2) is 47.8 Å². The van der Waals surface area contributed by atoms with Crippen molar-refractivity contribution in [3.63, 3.8) is 0 Å². The molecule has 14 nitrogen and oxygen atoms in total. The maximum Gasteiger partial charge on any atom is 0.298 e. The molecule has 0 radical (unpaired) electrons. The van der Waals surface area contributed by atoms with Crippen molar-refractivity contribution in [3.8, 4) is 0 Å². The Balaban J connectivity index is 2.05. The van der Waals surface area contributed by atoms with Crippen LogP contribution in [0.4, 0.5) is 0 Å². The van der Waals surface area contributed by atoms with Gasteiger partial charge < -0.3 is 64.5 Å². The third kappa shape index (κ3) is 11.6. The molecule has 0 spiro atoms. The molecule has 12 atom stereocenters. The van der Waals surface area contributed by atoms with Crippen LogP contribution in [0.2, 0.25) is 0 Å². The normalized spacial score (nSPS) is 34.9. The summed E-state index contributed by atoms with van der Waals surface area (Å²) in [5, 5.41) is 81.5. The SMILES string of the molecule is C=C[C@](C)(CC/C=C(\C)CC/C=C(\C)CC(O)/C=C(\C)OC=O)O[C@@H]1OC(CO)[C@@H](O)[C@H](O)C1O[C@@H]1OC(CO)[C@@H](O)[C@H](O)C1O. The number of aliphatic hydroxyl groups is 8. The molecule has 14 heteroatoms. The Hall–Kier alpha value is -2.05. The number of hydrogen-bond acceptors (Lipinski definition) is 14. The Labute approximate surface area is 269 Å². The van der Waals surface area contributed by atoms with Gasteiger partial charge in [-0.25, -0.2) is 0 Å². The van der Waals surface area contributed by atoms with Crippen molar-refractivity contribution in [2.75, 3.05) is 13.2 Å². The Morgan fingerprint density at radius 3 is 2.04 bits per heavy atom. The summed E-state index contributed by atoms with van der Waals surface area (Å²) in [6, 6.07) is 0. The fraction of sp³-hybridized carbons (Fsp3) is 0.719. The van der Waals surface area contributed by atoms with Crippen LogP contribution < -0.4 is 0 Å². The van der Waals surface area contributed by atoms with Crippen LogP contribution in [-0.4, -0.2) is 134 Å². The molecule has 2 heterocycles. The van der Waals surface area contributed by atoms with Gasteiger partial charge in [0.05, 0.1) is 24.9 Å². The first kappa shape index (κ1) is 40.1. The van der Waals surface area contributed by atoms with E-state index < -0.39 is 86.3 Å². The summed E-state index contributed by atoms with van der Waals surface area (Å²) in [7, 11) is 0. The van der Waals surface area contributed by atoms with Gasteiger partial charge in [-0.2, -0.15) is 0 Å². The van der Waals surface area contributed by atoms with E-state index in [0.29, 0.717) is 31.5 Å². The van der Waals surface area contributed by atoms with Gasteiger partial charge in [0.15, 0.2) is 12.6 Å². The molecule has 2 fully saturated rings. The summed E-state index contributed by atoms with van der Waals surface area (Å²) in [6.07, 6.45) is -6.19. The van der Waals surface area contributed by atoms with Gasteiger partial charge in [0, 0.05) is 0 Å². The molecule has 0 aromatic rings. The molecule has 264 valence electrons. The largest absolute Gasteiger partial charge is 0.434 e. The minimum absolute atomic E-state index is 0.311. The van der Waals surface area contributed by atoms with E-state index in [4.69, 9.17) is 18.9 Å². The quantitative estimate of drug-likeness (QED) is 0.0544. The van der Waals surface area contributed by atoms with Crippen molar-refractivity contribution in [2.24, 2.45) is 0 Å². The summed E-state index contributed by atoms with van der Waals surface area (Å²) >= 11 is 0. The summed E-state index contributed by atoms with van der Waals surface area (Å²) in [5.41, 5.74) is 1.05. The fourth-order valence-electron chi connectivity index (χ4n) is 5.22. The first-order valence-corrected chi connectivity index (χ1v) is 15.4. The molecule has 5 unspecified atom stereocenters. The summed E-state index contributed by atoms with van der Waals surface area (Å²) in [5.74, 6) is 0.332. The maximum absolute atomic E-state index is 10.9. The first-order valence-electron chi connectivity index (χ1n) is 15.4. The number of ether oxygens (including phenoxy) is 5. The molecule has 0 amide bonds. The minimum Gasteiger partial charge on any atom is -0.434 e. The van der Waals surface area contributed by atoms with Gasteiger partial charge in [-0.3, -0.25) is 4.79 Å². The molecule has 46 heavy (non-hydrogen) atoms. The van der Waals surface area contributed by atoms with Crippen LogP contribution in [0.3, 0.4) is 0 Å². The highest BCUT2D eigenvalue weighted by Gasteiger charge is 2.51. The van der Waals surface area contributed by atoms with Crippen LogP contribution in [-0.2, 0) is 28.5 Å². The van der Waals surface area contributed by atoms with Crippen LogP contribution in [0.5, 0.6) is 0 Å². The summed E-state index contributed by atoms with van der Waals surface area (Å²) in [6.45, 7) is 10.1. The maximum atomic E-state index is 10.9. The number of rotatable bonds is 18. The lowest BCUT2D eigenvalue weighted by atomic mass is 9.95. The highest BCUT2D eigenvalue weighted by atomic mass is 16.8. The van der Waals surface area contributed by atoms with E-state index >= 15 is 0 Å². The molecular weight excluding hydrogens is 608 g/mol. The molecule has 0 aromatic carbocycles. The van der Waals surface area contributed by atoms with Gasteiger partial charge in [-0.1, -0.05) is 29.4 Å². The highest BCUT2D eigenvalue weighted by molar-refractivity contribution is 5.39. The number of carbonyl (C=O) groups excluding carboxylic acids is 1. The van der Waals surface area contributed by atoms with Crippen molar-refractivity contribution < 1.29 is 69.3 Å². The van der Waals surface area contributed by atoms with Crippen LogP contribution in [0.1, 0.15) is 59.8 Å². The molecule has 2 aliphatic rings. The monoisotopic (exact) mass is 660 g/mol. The van der Waals surface area contributed by atoms with Gasteiger partial charge in [0.1, 0.15) is 54.6 Å². The molecule has 2 aliphatic heterocycles. The lowest BCUT2D eigenvalue weighted by Crippen LogP contribution is -2.65. The van der Waals surface area contributed by atoms with Crippen LogP contribution >= 0.6 is 0 Å². The van der Waals surface area contributed by atoms with Crippen LogP contribution in [0.25, 0.3) is 0 Å². The van der Waals surface area contributed by atoms with E-state index in [2.05, 4.69) is 11.3 Å². The lowest BCUT2D eigenvalue weighted by Gasteiger charge is -2.47. The van der Waals surface area contributed by atoms with Crippen LogP contribution in [0, 0.1) is 0 Å². The van der Waals surface area contributed by atoms with E-state index in [1.807, 2.05) is 26.0 Å². The molecule has 2 rings (SSSR count). The average Bonchev–Trinajstić information content (AvgIpc) is 3.00. The second kappa shape index (κ2) is 19.1. The van der Waals surface area contributed by atoms with Gasteiger partial charge in [0.25, 0.3) is 6.47 Å². The molecule has 0 bridgehead atoms. The predicted octanol–water partition coefficient (Wildman–Crippen LogP) is -0.147. The van der Waals surface area contributed by atoms with Crippen molar-refractivity contribution in [2.45, 2.75) is 133 Å². The molecule has 0 aliphatic carbocycles. The molecule has 8 N–H and O–H groups in total. The zero-order chi connectivity index (χ0) is 34.6. The van der Waals surface area contributed by atoms with E-state index in [-0.39, 0.29) is 0 Å². The Morgan fingerprint density at radius 1 is 0.870 bits per heavy atom. The topological polar surface area (TPSA) is 225 Å². The Kier molecular flexibility index (Phi) is 16.6. The van der Waals surface area contributed by atoms with E-state index in [1.165, 1.54) is 6.08 Å². The van der Waals surface area contributed by atoms with Crippen molar-refractivity contribution in [1.82, 2.24) is 0 Å². The minimum atomic E-state index is -1.77. The molecule has 0 aromatic heterocycles.